The molecule has 3 atom stereocenters. The molecule has 6 nitrogen and oxygen atoms in total. The first-order chi connectivity index (χ1) is 13.0. The van der Waals surface area contributed by atoms with Crippen molar-refractivity contribution in [1.29, 1.82) is 0 Å². The number of thioether (sulfide) groups is 2. The quantitative estimate of drug-likeness (QED) is 0.653. The van der Waals surface area contributed by atoms with Gasteiger partial charge in [-0.2, -0.15) is 0 Å². The summed E-state index contributed by atoms with van der Waals surface area (Å²) in [6.45, 7) is 0.168. The highest BCUT2D eigenvalue weighted by Gasteiger charge is 2.56. The molecule has 0 radical (unpaired) electrons. The molecule has 2 aliphatic rings. The van der Waals surface area contributed by atoms with Gasteiger partial charge in [0.05, 0.1) is 0 Å². The molecule has 3 N–H and O–H groups in total. The van der Waals surface area contributed by atoms with E-state index in [4.69, 9.17) is 10.2 Å². The van der Waals surface area contributed by atoms with E-state index < -0.39 is 16.8 Å². The Kier molecular flexibility index (Phi) is 3.72. The third kappa shape index (κ3) is 2.47. The second-order valence-corrected chi connectivity index (χ2v) is 9.41. The summed E-state index contributed by atoms with van der Waals surface area (Å²) in [6, 6.07) is 13.0. The predicted octanol–water partition coefficient (Wildman–Crippen LogP) is 2.74. The fraction of sp³-hybridized carbons (Fsp3) is 0.263. The number of benzene rings is 2. The lowest BCUT2D eigenvalue weighted by Gasteiger charge is -2.52. The van der Waals surface area contributed by atoms with Crippen LogP contribution in [0.4, 0.5) is 0 Å². The predicted molar refractivity (Wildman–Crippen MR) is 106 cm³/mol. The van der Waals surface area contributed by atoms with Crippen molar-refractivity contribution in [3.8, 4) is 0 Å². The third-order valence-corrected chi connectivity index (χ3v) is 8.21. The molecule has 2 aliphatic heterocycles. The minimum atomic E-state index is -1.09. The number of carbonyl (C=O) groups is 2. The molecule has 138 valence electrons. The normalized spacial score (nSPS) is 27.6. The Balaban J connectivity index is 1.51. The molecular weight excluding hydrogens is 384 g/mol. The van der Waals surface area contributed by atoms with Crippen molar-refractivity contribution in [1.82, 2.24) is 4.90 Å². The van der Waals surface area contributed by atoms with Gasteiger partial charge in [-0.25, -0.2) is 0 Å². The number of amides is 1. The number of β-lactam (4-membered cyclic amide) rings is 1. The van der Waals surface area contributed by atoms with Gasteiger partial charge in [0.25, 0.3) is 0 Å². The monoisotopic (exact) mass is 400 g/mol. The van der Waals surface area contributed by atoms with Gasteiger partial charge in [-0.3, -0.25) is 9.59 Å². The number of carboxylic acids is 1. The molecule has 1 amide bonds. The van der Waals surface area contributed by atoms with Gasteiger partial charge in [0.2, 0.25) is 5.91 Å². The molecule has 2 saturated heterocycles. The van der Waals surface area contributed by atoms with Crippen molar-refractivity contribution >= 4 is 57.3 Å². The molecule has 3 aromatic rings. The van der Waals surface area contributed by atoms with Crippen LogP contribution in [0.25, 0.3) is 21.9 Å². The molecule has 0 aliphatic carbocycles. The summed E-state index contributed by atoms with van der Waals surface area (Å²) in [5.41, 5.74) is 7.40. The summed E-state index contributed by atoms with van der Waals surface area (Å²) in [4.78, 5) is 26.6. The first-order valence-electron chi connectivity index (χ1n) is 8.50. The van der Waals surface area contributed by atoms with Crippen molar-refractivity contribution < 1.29 is 19.1 Å². The number of para-hydroxylation sites is 1. The van der Waals surface area contributed by atoms with E-state index in [-0.39, 0.29) is 17.8 Å². The number of hydrogen-bond donors (Lipinski definition) is 2. The molecule has 1 aromatic heterocycles. The first-order valence-corrected chi connectivity index (χ1v) is 10.4. The Morgan fingerprint density at radius 3 is 2.85 bits per heavy atom. The van der Waals surface area contributed by atoms with E-state index in [9.17, 15) is 14.7 Å². The molecule has 0 bridgehead atoms. The first kappa shape index (κ1) is 17.0. The zero-order chi connectivity index (χ0) is 18.8. The standard InChI is InChI=1S/C19H16N2O4S2/c20-15-16(22)21-8-19(18(23)24,9-26-17(15)21)27-10-5-6-14-12(7-10)11-3-1-2-4-13(11)25-14/h1-7,15,17H,8-9,20H2,(H,23,24)/t15-,17-,19?/m1/s1. The molecule has 1 unspecified atom stereocenters. The Morgan fingerprint density at radius 1 is 1.26 bits per heavy atom. The van der Waals surface area contributed by atoms with E-state index in [1.807, 2.05) is 42.5 Å². The lowest BCUT2D eigenvalue weighted by molar-refractivity contribution is -0.148. The molecule has 8 heteroatoms. The number of hydrogen-bond acceptors (Lipinski definition) is 6. The minimum Gasteiger partial charge on any atom is -0.480 e. The average molecular weight is 400 g/mol. The van der Waals surface area contributed by atoms with Crippen molar-refractivity contribution in [2.75, 3.05) is 12.3 Å². The highest BCUT2D eigenvalue weighted by molar-refractivity contribution is 8.05. The maximum absolute atomic E-state index is 12.1. The summed E-state index contributed by atoms with van der Waals surface area (Å²) in [7, 11) is 0. The van der Waals surface area contributed by atoms with Gasteiger partial charge in [-0.1, -0.05) is 18.2 Å². The molecule has 5 rings (SSSR count). The minimum absolute atomic E-state index is 0.106. The fourth-order valence-electron chi connectivity index (χ4n) is 3.68. The number of carboxylic acid groups (broad SMARTS) is 1. The smallest absolute Gasteiger partial charge is 0.322 e. The summed E-state index contributed by atoms with van der Waals surface area (Å²) in [5, 5.41) is 11.8. The SMILES string of the molecule is N[C@@H]1C(=O)N2CC(Sc3ccc4oc5ccccc5c4c3)(C(=O)O)CS[C@H]12. The lowest BCUT2D eigenvalue weighted by atomic mass is 10.0. The van der Waals surface area contributed by atoms with E-state index in [1.165, 1.54) is 23.5 Å². The summed E-state index contributed by atoms with van der Waals surface area (Å²) in [6.07, 6.45) is 0. The van der Waals surface area contributed by atoms with Gasteiger partial charge in [0.1, 0.15) is 27.3 Å². The van der Waals surface area contributed by atoms with Crippen LogP contribution in [0.3, 0.4) is 0 Å². The van der Waals surface area contributed by atoms with Crippen LogP contribution in [0.15, 0.2) is 51.8 Å². The number of nitrogens with two attached hydrogens (primary N) is 1. The van der Waals surface area contributed by atoms with E-state index in [1.54, 1.807) is 4.90 Å². The highest BCUT2D eigenvalue weighted by Crippen LogP contribution is 2.46. The number of rotatable bonds is 3. The van der Waals surface area contributed by atoms with Gasteiger partial charge in [-0.15, -0.1) is 23.5 Å². The van der Waals surface area contributed by atoms with Crippen LogP contribution in [-0.2, 0) is 9.59 Å². The van der Waals surface area contributed by atoms with Crippen LogP contribution in [0.5, 0.6) is 0 Å². The van der Waals surface area contributed by atoms with Gasteiger partial charge < -0.3 is 20.2 Å². The average Bonchev–Trinajstić information content (AvgIpc) is 3.05. The summed E-state index contributed by atoms with van der Waals surface area (Å²) in [5.74, 6) is -0.683. The number of furan rings is 1. The van der Waals surface area contributed by atoms with Gasteiger partial charge in [0.15, 0.2) is 0 Å². The van der Waals surface area contributed by atoms with E-state index in [0.717, 1.165) is 26.8 Å². The van der Waals surface area contributed by atoms with Crippen LogP contribution in [-0.4, -0.2) is 50.3 Å². The topological polar surface area (TPSA) is 96.8 Å². The zero-order valence-corrected chi connectivity index (χ0v) is 15.8. The summed E-state index contributed by atoms with van der Waals surface area (Å²) >= 11 is 2.74. The molecule has 0 spiro atoms. The highest BCUT2D eigenvalue weighted by atomic mass is 32.2. The van der Waals surface area contributed by atoms with Gasteiger partial charge in [-0.05, 0) is 24.3 Å². The van der Waals surface area contributed by atoms with Crippen LogP contribution >= 0.6 is 23.5 Å². The molecular formula is C19H16N2O4S2. The van der Waals surface area contributed by atoms with Crippen LogP contribution < -0.4 is 5.73 Å². The van der Waals surface area contributed by atoms with Crippen molar-refractivity contribution in [2.24, 2.45) is 5.73 Å². The molecule has 3 heterocycles. The maximum atomic E-state index is 12.1. The zero-order valence-electron chi connectivity index (χ0n) is 14.1. The van der Waals surface area contributed by atoms with Crippen molar-refractivity contribution in [3.63, 3.8) is 0 Å². The molecule has 27 heavy (non-hydrogen) atoms. The van der Waals surface area contributed by atoms with Gasteiger partial charge >= 0.3 is 5.97 Å². The largest absolute Gasteiger partial charge is 0.480 e. The number of carbonyl (C=O) groups excluding carboxylic acids is 1. The second kappa shape index (κ2) is 5.92. The van der Waals surface area contributed by atoms with E-state index >= 15 is 0 Å². The summed E-state index contributed by atoms with van der Waals surface area (Å²) < 4.78 is 4.75. The fourth-order valence-corrected chi connectivity index (χ4v) is 6.51. The Bertz CT molecular complexity index is 1100. The maximum Gasteiger partial charge on any atom is 0.322 e. The van der Waals surface area contributed by atoms with E-state index in [0.29, 0.717) is 5.75 Å². The Labute approximate surface area is 163 Å². The Hall–Kier alpha value is -2.16. The molecule has 2 aromatic carbocycles. The van der Waals surface area contributed by atoms with Crippen LogP contribution in [0, 0.1) is 0 Å². The number of fused-ring (bicyclic) bond motifs is 4. The molecule has 2 fully saturated rings. The van der Waals surface area contributed by atoms with E-state index in [2.05, 4.69) is 0 Å². The van der Waals surface area contributed by atoms with Gasteiger partial charge in [0, 0.05) is 28.0 Å². The number of aliphatic carboxylic acids is 1. The lowest BCUT2D eigenvalue weighted by Crippen LogP contribution is -2.73. The third-order valence-electron chi connectivity index (χ3n) is 5.15. The van der Waals surface area contributed by atoms with Crippen molar-refractivity contribution in [2.45, 2.75) is 21.1 Å². The van der Waals surface area contributed by atoms with Crippen molar-refractivity contribution in [3.05, 3.63) is 42.5 Å². The second-order valence-electron chi connectivity index (χ2n) is 6.85. The Morgan fingerprint density at radius 2 is 2.04 bits per heavy atom. The number of nitrogens with zero attached hydrogens (tertiary/aromatic N) is 1. The molecule has 0 saturated carbocycles. The van der Waals surface area contributed by atoms with Crippen LogP contribution in [0.1, 0.15) is 0 Å². The van der Waals surface area contributed by atoms with Crippen LogP contribution in [0.2, 0.25) is 0 Å².